The zero-order chi connectivity index (χ0) is 19.2. The topological polar surface area (TPSA) is 61.4 Å². The molecular formula is C21H23N3O2S. The maximum atomic E-state index is 12.5. The summed E-state index contributed by atoms with van der Waals surface area (Å²) in [5, 5.41) is 6.58. The van der Waals surface area contributed by atoms with E-state index >= 15 is 0 Å². The average Bonchev–Trinajstić information content (AvgIpc) is 2.69. The van der Waals surface area contributed by atoms with Crippen LogP contribution in [0.4, 0.5) is 11.4 Å². The molecule has 1 aliphatic rings. The van der Waals surface area contributed by atoms with Crippen LogP contribution in [0, 0.1) is 0 Å². The van der Waals surface area contributed by atoms with E-state index in [1.807, 2.05) is 41.3 Å². The molecule has 0 aliphatic carbocycles. The number of thiocarbonyl (C=S) groups is 1. The Balaban J connectivity index is 1.59. The van der Waals surface area contributed by atoms with Crippen LogP contribution < -0.4 is 10.6 Å². The molecule has 0 atom stereocenters. The fraction of sp³-hybridized carbons (Fsp3) is 0.286. The van der Waals surface area contributed by atoms with Gasteiger partial charge >= 0.3 is 0 Å². The zero-order valence-electron chi connectivity index (χ0n) is 15.3. The number of Topliss-reactive ketones (excluding diaryl/α,β-unsaturated/α-hetero) is 1. The minimum atomic E-state index is 0.00601. The first-order valence-corrected chi connectivity index (χ1v) is 9.52. The second-order valence-corrected chi connectivity index (χ2v) is 7.05. The van der Waals surface area contributed by atoms with Crippen molar-refractivity contribution in [3.8, 4) is 0 Å². The number of hydrogen-bond acceptors (Lipinski definition) is 3. The lowest BCUT2D eigenvalue weighted by Gasteiger charge is -2.26. The lowest BCUT2D eigenvalue weighted by Crippen LogP contribution is -2.35. The van der Waals surface area contributed by atoms with Crippen LogP contribution in [0.1, 0.15) is 46.9 Å². The Labute approximate surface area is 164 Å². The van der Waals surface area contributed by atoms with Gasteiger partial charge in [0, 0.05) is 35.6 Å². The normalized spacial score (nSPS) is 13.7. The maximum absolute atomic E-state index is 12.5. The molecule has 2 N–H and O–H groups in total. The Morgan fingerprint density at radius 3 is 2.22 bits per heavy atom. The molecule has 1 amide bonds. The number of carbonyl (C=O) groups is 2. The fourth-order valence-corrected chi connectivity index (χ4v) is 3.32. The molecule has 140 valence electrons. The molecule has 1 aliphatic heterocycles. The van der Waals surface area contributed by atoms with Gasteiger partial charge in [-0.25, -0.2) is 0 Å². The van der Waals surface area contributed by atoms with Crippen molar-refractivity contribution < 1.29 is 9.59 Å². The van der Waals surface area contributed by atoms with Crippen molar-refractivity contribution >= 4 is 40.4 Å². The third kappa shape index (κ3) is 5.14. The molecule has 0 spiro atoms. The molecule has 2 aromatic rings. The van der Waals surface area contributed by atoms with E-state index < -0.39 is 0 Å². The van der Waals surface area contributed by atoms with Crippen LogP contribution in [0.15, 0.2) is 48.5 Å². The monoisotopic (exact) mass is 381 g/mol. The highest BCUT2D eigenvalue weighted by Crippen LogP contribution is 2.16. The van der Waals surface area contributed by atoms with Crippen molar-refractivity contribution in [2.45, 2.75) is 26.2 Å². The van der Waals surface area contributed by atoms with Gasteiger partial charge in [-0.15, -0.1) is 0 Å². The summed E-state index contributed by atoms with van der Waals surface area (Å²) >= 11 is 5.33. The van der Waals surface area contributed by atoms with Gasteiger partial charge in [-0.1, -0.05) is 12.1 Å². The summed E-state index contributed by atoms with van der Waals surface area (Å²) in [7, 11) is 0. The van der Waals surface area contributed by atoms with Gasteiger partial charge in [0.15, 0.2) is 10.9 Å². The van der Waals surface area contributed by atoms with E-state index in [-0.39, 0.29) is 11.7 Å². The van der Waals surface area contributed by atoms with E-state index in [1.54, 1.807) is 12.1 Å². The number of benzene rings is 2. The van der Waals surface area contributed by atoms with Crippen LogP contribution >= 0.6 is 12.2 Å². The van der Waals surface area contributed by atoms with E-state index in [2.05, 4.69) is 10.6 Å². The summed E-state index contributed by atoms with van der Waals surface area (Å²) in [5.41, 5.74) is 2.86. The van der Waals surface area contributed by atoms with Crippen LogP contribution in [0.25, 0.3) is 0 Å². The van der Waals surface area contributed by atoms with Gasteiger partial charge in [-0.3, -0.25) is 9.59 Å². The molecule has 3 rings (SSSR count). The Hall–Kier alpha value is -2.73. The Morgan fingerprint density at radius 1 is 0.889 bits per heavy atom. The molecular weight excluding hydrogens is 358 g/mol. The smallest absolute Gasteiger partial charge is 0.253 e. The van der Waals surface area contributed by atoms with Gasteiger partial charge in [0.05, 0.1) is 0 Å². The number of piperidine rings is 1. The lowest BCUT2D eigenvalue weighted by molar-refractivity contribution is 0.0724. The van der Waals surface area contributed by atoms with Gasteiger partial charge in [-0.05, 0) is 74.8 Å². The van der Waals surface area contributed by atoms with Crippen LogP contribution in [-0.4, -0.2) is 34.8 Å². The van der Waals surface area contributed by atoms with Crippen LogP contribution in [0.5, 0.6) is 0 Å². The predicted molar refractivity (Wildman–Crippen MR) is 112 cm³/mol. The predicted octanol–water partition coefficient (Wildman–Crippen LogP) is 4.32. The SMILES string of the molecule is CC(=O)c1cccc(NC(=S)Nc2ccc(C(=O)N3CCCCC3)cc2)c1. The highest BCUT2D eigenvalue weighted by Gasteiger charge is 2.17. The van der Waals surface area contributed by atoms with E-state index in [4.69, 9.17) is 12.2 Å². The van der Waals surface area contributed by atoms with Crippen molar-refractivity contribution in [2.75, 3.05) is 23.7 Å². The minimum absolute atomic E-state index is 0.00601. The van der Waals surface area contributed by atoms with Gasteiger partial charge in [0.2, 0.25) is 0 Å². The zero-order valence-corrected chi connectivity index (χ0v) is 16.1. The first-order chi connectivity index (χ1) is 13.0. The van der Waals surface area contributed by atoms with Crippen molar-refractivity contribution in [2.24, 2.45) is 0 Å². The van der Waals surface area contributed by atoms with Gasteiger partial charge < -0.3 is 15.5 Å². The Kier molecular flexibility index (Phi) is 6.19. The van der Waals surface area contributed by atoms with E-state index in [1.165, 1.54) is 13.3 Å². The molecule has 1 heterocycles. The number of likely N-dealkylation sites (tertiary alicyclic amines) is 1. The van der Waals surface area contributed by atoms with Gasteiger partial charge in [0.1, 0.15) is 0 Å². The van der Waals surface area contributed by atoms with Crippen LogP contribution in [-0.2, 0) is 0 Å². The second kappa shape index (κ2) is 8.77. The Morgan fingerprint density at radius 2 is 1.56 bits per heavy atom. The number of rotatable bonds is 4. The average molecular weight is 382 g/mol. The molecule has 0 unspecified atom stereocenters. The third-order valence-electron chi connectivity index (χ3n) is 4.56. The van der Waals surface area contributed by atoms with Crippen molar-refractivity contribution in [1.82, 2.24) is 4.90 Å². The molecule has 0 aromatic heterocycles. The third-order valence-corrected chi connectivity index (χ3v) is 4.76. The molecule has 1 saturated heterocycles. The summed E-state index contributed by atoms with van der Waals surface area (Å²) in [6, 6.07) is 14.5. The number of nitrogens with one attached hydrogen (secondary N) is 2. The molecule has 0 bridgehead atoms. The number of hydrogen-bond donors (Lipinski definition) is 2. The summed E-state index contributed by atoms with van der Waals surface area (Å²) in [5.74, 6) is 0.0921. The van der Waals surface area contributed by atoms with Crippen LogP contribution in [0.3, 0.4) is 0 Å². The summed E-state index contributed by atoms with van der Waals surface area (Å²) in [4.78, 5) is 25.9. The van der Waals surface area contributed by atoms with Crippen molar-refractivity contribution in [3.63, 3.8) is 0 Å². The molecule has 5 nitrogen and oxygen atoms in total. The minimum Gasteiger partial charge on any atom is -0.339 e. The van der Waals surface area contributed by atoms with E-state index in [9.17, 15) is 9.59 Å². The van der Waals surface area contributed by atoms with Gasteiger partial charge in [-0.2, -0.15) is 0 Å². The standard InChI is InChI=1S/C21H23N3O2S/c1-15(25)17-6-5-7-19(14-17)23-21(27)22-18-10-8-16(9-11-18)20(26)24-12-3-2-4-13-24/h5-11,14H,2-4,12-13H2,1H3,(H2,22,23,27). The number of amides is 1. The molecule has 0 saturated carbocycles. The highest BCUT2D eigenvalue weighted by molar-refractivity contribution is 7.80. The fourth-order valence-electron chi connectivity index (χ4n) is 3.09. The van der Waals surface area contributed by atoms with Crippen LogP contribution in [0.2, 0.25) is 0 Å². The molecule has 6 heteroatoms. The van der Waals surface area contributed by atoms with E-state index in [0.29, 0.717) is 16.2 Å². The van der Waals surface area contributed by atoms with Crippen molar-refractivity contribution in [1.29, 1.82) is 0 Å². The van der Waals surface area contributed by atoms with Crippen molar-refractivity contribution in [3.05, 3.63) is 59.7 Å². The molecule has 2 aromatic carbocycles. The number of nitrogens with zero attached hydrogens (tertiary/aromatic N) is 1. The second-order valence-electron chi connectivity index (χ2n) is 6.65. The quantitative estimate of drug-likeness (QED) is 0.610. The first-order valence-electron chi connectivity index (χ1n) is 9.11. The number of anilines is 2. The van der Waals surface area contributed by atoms with E-state index in [0.717, 1.165) is 37.3 Å². The Bertz CT molecular complexity index is 843. The summed E-state index contributed by atoms with van der Waals surface area (Å²) in [6.07, 6.45) is 3.36. The molecule has 27 heavy (non-hydrogen) atoms. The van der Waals surface area contributed by atoms with Gasteiger partial charge in [0.25, 0.3) is 5.91 Å². The number of ketones is 1. The molecule has 1 fully saturated rings. The summed E-state index contributed by atoms with van der Waals surface area (Å²) in [6.45, 7) is 3.21. The largest absolute Gasteiger partial charge is 0.339 e. The number of carbonyl (C=O) groups excluding carboxylic acids is 2. The molecule has 0 radical (unpaired) electrons. The lowest BCUT2D eigenvalue weighted by atomic mass is 10.1. The maximum Gasteiger partial charge on any atom is 0.253 e. The summed E-state index contributed by atoms with van der Waals surface area (Å²) < 4.78 is 0. The first kappa shape index (κ1) is 19.0. The highest BCUT2D eigenvalue weighted by atomic mass is 32.1.